The van der Waals surface area contributed by atoms with Gasteiger partial charge in [0.05, 0.1) is 6.10 Å². The van der Waals surface area contributed by atoms with Gasteiger partial charge in [-0.25, -0.2) is 3.11 Å². The summed E-state index contributed by atoms with van der Waals surface area (Å²) in [6.07, 6.45) is 4.58. The average molecular weight is 253 g/mol. The lowest BCUT2D eigenvalue weighted by Crippen LogP contribution is -2.38. The Labute approximate surface area is 75.1 Å². The van der Waals surface area contributed by atoms with Gasteiger partial charge in [-0.2, -0.15) is 0 Å². The summed E-state index contributed by atoms with van der Waals surface area (Å²) in [5.41, 5.74) is 0. The summed E-state index contributed by atoms with van der Waals surface area (Å²) in [6.45, 7) is 0. The lowest BCUT2D eigenvalue weighted by Gasteiger charge is -2.31. The van der Waals surface area contributed by atoms with E-state index in [1.54, 1.807) is 0 Å². The fourth-order valence-electron chi connectivity index (χ4n) is 2.09. The van der Waals surface area contributed by atoms with Gasteiger partial charge in [0.2, 0.25) is 0 Å². The zero-order valence-corrected chi connectivity index (χ0v) is 7.99. The summed E-state index contributed by atoms with van der Waals surface area (Å²) in [7, 11) is 0. The molecule has 2 heterocycles. The van der Waals surface area contributed by atoms with Crippen LogP contribution in [0.3, 0.4) is 0 Å². The van der Waals surface area contributed by atoms with Crippen LogP contribution in [-0.4, -0.2) is 26.4 Å². The topological polar surface area (TPSA) is 23.5 Å². The average Bonchev–Trinajstić information content (AvgIpc) is 2.20. The van der Waals surface area contributed by atoms with Crippen LogP contribution >= 0.6 is 22.9 Å². The SMILES string of the molecule is OC1CC2CCC(C1)N2I. The van der Waals surface area contributed by atoms with Gasteiger partial charge < -0.3 is 5.11 Å². The van der Waals surface area contributed by atoms with E-state index in [-0.39, 0.29) is 6.10 Å². The number of aliphatic hydroxyl groups is 1. The van der Waals surface area contributed by atoms with Crippen molar-refractivity contribution in [2.75, 3.05) is 0 Å². The highest BCUT2D eigenvalue weighted by Gasteiger charge is 2.38. The molecule has 1 N–H and O–H groups in total. The highest BCUT2D eigenvalue weighted by atomic mass is 127. The summed E-state index contributed by atoms with van der Waals surface area (Å²) in [5, 5.41) is 9.38. The van der Waals surface area contributed by atoms with E-state index in [2.05, 4.69) is 26.0 Å². The minimum absolute atomic E-state index is 0.0106. The van der Waals surface area contributed by atoms with Crippen LogP contribution in [0.1, 0.15) is 25.7 Å². The second-order valence-corrected chi connectivity index (χ2v) is 4.47. The molecule has 2 atom stereocenters. The van der Waals surface area contributed by atoms with Crippen LogP contribution in [0.15, 0.2) is 0 Å². The molecular weight excluding hydrogens is 241 g/mol. The molecule has 2 bridgehead atoms. The number of rotatable bonds is 0. The Hall–Kier alpha value is 0.650. The molecule has 0 aromatic carbocycles. The summed E-state index contributed by atoms with van der Waals surface area (Å²) in [6, 6.07) is 1.35. The lowest BCUT2D eigenvalue weighted by molar-refractivity contribution is 0.0883. The van der Waals surface area contributed by atoms with E-state index in [0.717, 1.165) is 12.8 Å². The molecule has 0 spiro atoms. The van der Waals surface area contributed by atoms with Crippen molar-refractivity contribution in [2.45, 2.75) is 43.9 Å². The molecule has 10 heavy (non-hydrogen) atoms. The summed E-state index contributed by atoms with van der Waals surface area (Å²) >= 11 is 2.40. The molecule has 3 heteroatoms. The van der Waals surface area contributed by atoms with Gasteiger partial charge in [-0.1, -0.05) is 0 Å². The van der Waals surface area contributed by atoms with Crippen molar-refractivity contribution in [2.24, 2.45) is 0 Å². The highest BCUT2D eigenvalue weighted by molar-refractivity contribution is 14.1. The van der Waals surface area contributed by atoms with Crippen molar-refractivity contribution in [1.82, 2.24) is 3.11 Å². The lowest BCUT2D eigenvalue weighted by atomic mass is 10.0. The molecule has 58 valence electrons. The summed E-state index contributed by atoms with van der Waals surface area (Å²) in [5.74, 6) is 0. The van der Waals surface area contributed by atoms with Crippen molar-refractivity contribution in [3.05, 3.63) is 0 Å². The van der Waals surface area contributed by atoms with Gasteiger partial charge in [-0.15, -0.1) is 0 Å². The van der Waals surface area contributed by atoms with Crippen LogP contribution < -0.4 is 0 Å². The summed E-state index contributed by atoms with van der Waals surface area (Å²) in [4.78, 5) is 0. The van der Waals surface area contributed by atoms with Gasteiger partial charge in [0.25, 0.3) is 0 Å². The first-order valence-corrected chi connectivity index (χ1v) is 4.86. The maximum atomic E-state index is 9.38. The smallest absolute Gasteiger partial charge is 0.0570 e. The van der Waals surface area contributed by atoms with Gasteiger partial charge in [-0.05, 0) is 25.7 Å². The molecule has 2 aliphatic heterocycles. The minimum atomic E-state index is -0.0106. The number of nitrogens with zero attached hydrogens (tertiary/aromatic N) is 1. The second-order valence-electron chi connectivity index (χ2n) is 3.35. The normalized spacial score (nSPS) is 48.0. The number of aliphatic hydroxyl groups excluding tert-OH is 1. The van der Waals surface area contributed by atoms with Crippen molar-refractivity contribution >= 4 is 22.9 Å². The quantitative estimate of drug-likeness (QED) is 0.520. The van der Waals surface area contributed by atoms with E-state index in [1.165, 1.54) is 12.8 Å². The molecule has 2 unspecified atom stereocenters. The third-order valence-electron chi connectivity index (χ3n) is 2.62. The number of hydrogen-bond donors (Lipinski definition) is 1. The monoisotopic (exact) mass is 253 g/mol. The van der Waals surface area contributed by atoms with Gasteiger partial charge in [-0.3, -0.25) is 0 Å². The Morgan fingerprint density at radius 1 is 1.20 bits per heavy atom. The fraction of sp³-hybridized carbons (Fsp3) is 1.00. The van der Waals surface area contributed by atoms with E-state index < -0.39 is 0 Å². The Bertz CT molecular complexity index is 128. The van der Waals surface area contributed by atoms with Crippen LogP contribution in [0.5, 0.6) is 0 Å². The van der Waals surface area contributed by atoms with Crippen molar-refractivity contribution in [3.8, 4) is 0 Å². The van der Waals surface area contributed by atoms with E-state index in [1.807, 2.05) is 0 Å². The van der Waals surface area contributed by atoms with Gasteiger partial charge in [0, 0.05) is 34.9 Å². The molecule has 0 radical (unpaired) electrons. The molecular formula is C7H12INO. The van der Waals surface area contributed by atoms with E-state index in [0.29, 0.717) is 12.1 Å². The third-order valence-corrected chi connectivity index (χ3v) is 4.19. The largest absolute Gasteiger partial charge is 0.393 e. The van der Waals surface area contributed by atoms with Crippen LogP contribution in [0.2, 0.25) is 0 Å². The van der Waals surface area contributed by atoms with Gasteiger partial charge in [0.15, 0.2) is 0 Å². The zero-order valence-electron chi connectivity index (χ0n) is 5.83. The van der Waals surface area contributed by atoms with Crippen molar-refractivity contribution < 1.29 is 5.11 Å². The minimum Gasteiger partial charge on any atom is -0.393 e. The van der Waals surface area contributed by atoms with Crippen LogP contribution in [0, 0.1) is 0 Å². The second kappa shape index (κ2) is 2.60. The van der Waals surface area contributed by atoms with Gasteiger partial charge >= 0.3 is 0 Å². The molecule has 2 rings (SSSR count). The predicted octanol–water partition coefficient (Wildman–Crippen LogP) is 1.32. The molecule has 2 saturated heterocycles. The number of halogens is 1. The Kier molecular flexibility index (Phi) is 1.90. The maximum Gasteiger partial charge on any atom is 0.0570 e. The first-order valence-electron chi connectivity index (χ1n) is 3.89. The molecule has 0 amide bonds. The van der Waals surface area contributed by atoms with Crippen molar-refractivity contribution in [1.29, 1.82) is 0 Å². The standard InChI is InChI=1S/C7H12INO/c8-9-5-1-2-6(9)4-7(10)3-5/h5-7,10H,1-4H2. The number of piperidine rings is 1. The van der Waals surface area contributed by atoms with E-state index in [9.17, 15) is 5.11 Å². The van der Waals surface area contributed by atoms with Crippen molar-refractivity contribution in [3.63, 3.8) is 0 Å². The number of fused-ring (bicyclic) bond motifs is 2. The molecule has 0 aliphatic carbocycles. The Balaban J connectivity index is 2.09. The Morgan fingerprint density at radius 2 is 1.70 bits per heavy atom. The zero-order chi connectivity index (χ0) is 7.14. The molecule has 2 nitrogen and oxygen atoms in total. The van der Waals surface area contributed by atoms with Crippen LogP contribution in [-0.2, 0) is 0 Å². The Morgan fingerprint density at radius 3 is 2.20 bits per heavy atom. The molecule has 0 aromatic rings. The molecule has 2 aliphatic rings. The van der Waals surface area contributed by atoms with E-state index >= 15 is 0 Å². The van der Waals surface area contributed by atoms with Gasteiger partial charge in [0.1, 0.15) is 0 Å². The predicted molar refractivity (Wildman–Crippen MR) is 47.9 cm³/mol. The molecule has 0 saturated carbocycles. The summed E-state index contributed by atoms with van der Waals surface area (Å²) < 4.78 is 2.41. The van der Waals surface area contributed by atoms with Crippen LogP contribution in [0.4, 0.5) is 0 Å². The maximum absolute atomic E-state index is 9.38. The first-order chi connectivity index (χ1) is 4.77. The third kappa shape index (κ3) is 1.08. The van der Waals surface area contributed by atoms with E-state index in [4.69, 9.17) is 0 Å². The fourth-order valence-corrected chi connectivity index (χ4v) is 3.10. The molecule has 2 fully saturated rings. The first kappa shape index (κ1) is 7.31. The molecule has 0 aromatic heterocycles. The van der Waals surface area contributed by atoms with Crippen LogP contribution in [0.25, 0.3) is 0 Å². The highest BCUT2D eigenvalue weighted by Crippen LogP contribution is 2.37. The number of hydrogen-bond acceptors (Lipinski definition) is 2.